The number of hydrogen-bond acceptors (Lipinski definition) is 4. The molecule has 1 heterocycles. The third kappa shape index (κ3) is 1.85. The topological polar surface area (TPSA) is 63.8 Å². The van der Waals surface area contributed by atoms with Gasteiger partial charge in [-0.05, 0) is 25.0 Å². The van der Waals surface area contributed by atoms with E-state index in [0.29, 0.717) is 25.2 Å². The number of aromatic nitrogens is 4. The molecule has 1 N–H and O–H groups in total. The summed E-state index contributed by atoms with van der Waals surface area (Å²) in [6, 6.07) is 0. The Kier molecular flexibility index (Phi) is 2.98. The van der Waals surface area contributed by atoms with Crippen molar-refractivity contribution in [3.05, 3.63) is 5.82 Å². The zero-order chi connectivity index (χ0) is 9.90. The molecule has 13 heavy (non-hydrogen) atoms. The van der Waals surface area contributed by atoms with Gasteiger partial charge < -0.3 is 5.11 Å². The third-order valence-electron chi connectivity index (χ3n) is 2.32. The van der Waals surface area contributed by atoms with E-state index in [-0.39, 0.29) is 0 Å². The number of aryl methyl sites for hydroxylation is 1. The van der Waals surface area contributed by atoms with E-state index < -0.39 is 5.60 Å². The summed E-state index contributed by atoms with van der Waals surface area (Å²) in [5.74, 6) is 0.430. The molecular weight excluding hydrogens is 168 g/mol. The Morgan fingerprint density at radius 2 is 1.92 bits per heavy atom. The molecule has 0 spiro atoms. The highest BCUT2D eigenvalue weighted by Crippen LogP contribution is 2.24. The van der Waals surface area contributed by atoms with Gasteiger partial charge in [0.05, 0.1) is 6.54 Å². The van der Waals surface area contributed by atoms with E-state index >= 15 is 0 Å². The predicted molar refractivity (Wildman–Crippen MR) is 48.0 cm³/mol. The van der Waals surface area contributed by atoms with Crippen LogP contribution in [0.15, 0.2) is 0 Å². The zero-order valence-corrected chi connectivity index (χ0v) is 8.36. The minimum Gasteiger partial charge on any atom is -0.382 e. The van der Waals surface area contributed by atoms with Crippen molar-refractivity contribution >= 4 is 0 Å². The first-order valence-corrected chi connectivity index (χ1v) is 4.67. The van der Waals surface area contributed by atoms with E-state index in [2.05, 4.69) is 15.4 Å². The van der Waals surface area contributed by atoms with Crippen LogP contribution in [0.3, 0.4) is 0 Å². The first kappa shape index (κ1) is 10.1. The molecular formula is C8H16N4O. The largest absolute Gasteiger partial charge is 0.382 e. The summed E-state index contributed by atoms with van der Waals surface area (Å²) in [5.41, 5.74) is -0.909. The van der Waals surface area contributed by atoms with Crippen molar-refractivity contribution in [2.75, 3.05) is 0 Å². The van der Waals surface area contributed by atoms with E-state index in [4.69, 9.17) is 0 Å². The molecule has 74 valence electrons. The van der Waals surface area contributed by atoms with E-state index in [1.165, 1.54) is 4.80 Å². The van der Waals surface area contributed by atoms with Gasteiger partial charge in [-0.25, -0.2) is 0 Å². The first-order valence-electron chi connectivity index (χ1n) is 4.67. The number of tetrazole rings is 1. The minimum atomic E-state index is -0.909. The van der Waals surface area contributed by atoms with E-state index in [1.54, 1.807) is 0 Å². The van der Waals surface area contributed by atoms with Crippen molar-refractivity contribution in [2.45, 2.75) is 45.8 Å². The van der Waals surface area contributed by atoms with Gasteiger partial charge in [-0.2, -0.15) is 4.80 Å². The fraction of sp³-hybridized carbons (Fsp3) is 0.875. The highest BCUT2D eigenvalue weighted by molar-refractivity contribution is 4.95. The molecule has 5 heteroatoms. The molecule has 0 aliphatic rings. The molecule has 1 rings (SSSR count). The highest BCUT2D eigenvalue weighted by Gasteiger charge is 2.29. The van der Waals surface area contributed by atoms with Gasteiger partial charge in [0.2, 0.25) is 5.82 Å². The van der Waals surface area contributed by atoms with Crippen molar-refractivity contribution in [1.29, 1.82) is 0 Å². The second-order valence-electron chi connectivity index (χ2n) is 3.04. The van der Waals surface area contributed by atoms with Gasteiger partial charge in [-0.1, -0.05) is 13.8 Å². The van der Waals surface area contributed by atoms with E-state index in [1.807, 2.05) is 20.8 Å². The standard InChI is InChI=1S/C8H16N4O/c1-4-8(13,5-2)7-9-11-12(6-3)10-7/h13H,4-6H2,1-3H3. The Hall–Kier alpha value is -0.970. The quantitative estimate of drug-likeness (QED) is 0.748. The van der Waals surface area contributed by atoms with Gasteiger partial charge in [0, 0.05) is 0 Å². The lowest BCUT2D eigenvalue weighted by atomic mass is 9.97. The molecule has 1 aromatic heterocycles. The van der Waals surface area contributed by atoms with Crippen LogP contribution in [-0.4, -0.2) is 25.3 Å². The lowest BCUT2D eigenvalue weighted by Gasteiger charge is -2.19. The molecule has 0 aliphatic heterocycles. The summed E-state index contributed by atoms with van der Waals surface area (Å²) in [5, 5.41) is 21.8. The van der Waals surface area contributed by atoms with Crippen molar-refractivity contribution in [1.82, 2.24) is 20.2 Å². The van der Waals surface area contributed by atoms with Gasteiger partial charge in [-0.15, -0.1) is 10.2 Å². The summed E-state index contributed by atoms with van der Waals surface area (Å²) >= 11 is 0. The molecule has 0 fully saturated rings. The number of aliphatic hydroxyl groups is 1. The van der Waals surface area contributed by atoms with Crippen LogP contribution in [0.2, 0.25) is 0 Å². The average molecular weight is 184 g/mol. The van der Waals surface area contributed by atoms with Crippen LogP contribution < -0.4 is 0 Å². The van der Waals surface area contributed by atoms with Gasteiger partial charge >= 0.3 is 0 Å². The van der Waals surface area contributed by atoms with E-state index in [9.17, 15) is 5.11 Å². The van der Waals surface area contributed by atoms with Gasteiger partial charge in [0.15, 0.2) is 0 Å². The van der Waals surface area contributed by atoms with Gasteiger partial charge in [0.1, 0.15) is 5.60 Å². The van der Waals surface area contributed by atoms with Crippen LogP contribution in [-0.2, 0) is 12.1 Å². The molecule has 0 aromatic carbocycles. The molecule has 1 aromatic rings. The monoisotopic (exact) mass is 184 g/mol. The van der Waals surface area contributed by atoms with Gasteiger partial charge in [-0.3, -0.25) is 0 Å². The zero-order valence-electron chi connectivity index (χ0n) is 8.36. The fourth-order valence-electron chi connectivity index (χ4n) is 1.13. The Bertz CT molecular complexity index is 267. The summed E-state index contributed by atoms with van der Waals surface area (Å²) in [6.07, 6.45) is 1.22. The predicted octanol–water partition coefficient (Wildman–Crippen LogP) is 0.701. The van der Waals surface area contributed by atoms with Crippen LogP contribution in [0, 0.1) is 0 Å². The third-order valence-corrected chi connectivity index (χ3v) is 2.32. The smallest absolute Gasteiger partial charge is 0.206 e. The maximum atomic E-state index is 10.0. The van der Waals surface area contributed by atoms with Crippen LogP contribution >= 0.6 is 0 Å². The van der Waals surface area contributed by atoms with E-state index in [0.717, 1.165) is 0 Å². The Balaban J connectivity index is 2.91. The molecule has 0 saturated heterocycles. The number of rotatable bonds is 4. The Morgan fingerprint density at radius 1 is 1.31 bits per heavy atom. The maximum absolute atomic E-state index is 10.0. The maximum Gasteiger partial charge on any atom is 0.206 e. The molecule has 0 amide bonds. The second kappa shape index (κ2) is 3.83. The molecule has 0 radical (unpaired) electrons. The molecule has 5 nitrogen and oxygen atoms in total. The van der Waals surface area contributed by atoms with Crippen molar-refractivity contribution < 1.29 is 5.11 Å². The number of hydrogen-bond donors (Lipinski definition) is 1. The minimum absolute atomic E-state index is 0.430. The second-order valence-corrected chi connectivity index (χ2v) is 3.04. The Labute approximate surface area is 77.8 Å². The lowest BCUT2D eigenvalue weighted by Crippen LogP contribution is -2.25. The molecule has 0 saturated carbocycles. The lowest BCUT2D eigenvalue weighted by molar-refractivity contribution is 0.0190. The van der Waals surface area contributed by atoms with Crippen LogP contribution in [0.5, 0.6) is 0 Å². The van der Waals surface area contributed by atoms with Crippen molar-refractivity contribution in [3.63, 3.8) is 0 Å². The van der Waals surface area contributed by atoms with Crippen molar-refractivity contribution in [3.8, 4) is 0 Å². The highest BCUT2D eigenvalue weighted by atomic mass is 16.3. The van der Waals surface area contributed by atoms with Crippen LogP contribution in [0.4, 0.5) is 0 Å². The summed E-state index contributed by atoms with van der Waals surface area (Å²) < 4.78 is 0. The molecule has 0 atom stereocenters. The van der Waals surface area contributed by atoms with Crippen LogP contribution in [0.25, 0.3) is 0 Å². The van der Waals surface area contributed by atoms with Gasteiger partial charge in [0.25, 0.3) is 0 Å². The average Bonchev–Trinajstić information content (AvgIpc) is 2.65. The van der Waals surface area contributed by atoms with Crippen molar-refractivity contribution in [2.24, 2.45) is 0 Å². The summed E-state index contributed by atoms with van der Waals surface area (Å²) in [6.45, 7) is 6.44. The molecule has 0 unspecified atom stereocenters. The molecule has 0 bridgehead atoms. The Morgan fingerprint density at radius 3 is 2.31 bits per heavy atom. The fourth-order valence-corrected chi connectivity index (χ4v) is 1.13. The first-order chi connectivity index (χ1) is 6.16. The summed E-state index contributed by atoms with van der Waals surface area (Å²) in [4.78, 5) is 1.48. The number of nitrogens with zero attached hydrogens (tertiary/aromatic N) is 4. The SMILES string of the molecule is CCn1nnc(C(O)(CC)CC)n1. The summed E-state index contributed by atoms with van der Waals surface area (Å²) in [7, 11) is 0. The normalized spacial score (nSPS) is 12.0. The molecule has 0 aliphatic carbocycles. The van der Waals surface area contributed by atoms with Crippen LogP contribution in [0.1, 0.15) is 39.4 Å².